The summed E-state index contributed by atoms with van der Waals surface area (Å²) in [7, 11) is -2.22. The molecule has 794 valence electrons. The number of methoxy groups -OCH3 is 1. The van der Waals surface area contributed by atoms with Crippen LogP contribution in [0.25, 0.3) is 11.1 Å². The minimum absolute atomic E-state index is 0.0209. The molecule has 2 aromatic rings. The number of esters is 1. The topological polar surface area (TPSA) is 506 Å². The van der Waals surface area contributed by atoms with Crippen LogP contribution in [0, 0.1) is 22.7 Å². The number of carbonyl (C=O) groups is 11. The number of aliphatic hydroxyl groups is 3. The molecule has 0 spiro atoms. The largest absolute Gasteiger partial charge is 0.479 e. The highest BCUT2D eigenvalue weighted by molar-refractivity contribution is 7.86. The van der Waals surface area contributed by atoms with E-state index in [1.54, 1.807) is 117 Å². The molecule has 42 heteroatoms. The second-order valence-electron chi connectivity index (χ2n) is 43.6. The Hall–Kier alpha value is -11.8. The van der Waals surface area contributed by atoms with E-state index in [4.69, 9.17) is 72.3 Å². The van der Waals surface area contributed by atoms with E-state index in [0.717, 1.165) is 30.3 Å². The third-order valence-electron chi connectivity index (χ3n) is 22.4. The Kier molecular flexibility index (Phi) is 41.0. The normalized spacial score (nSPS) is 24.0. The predicted octanol–water partition coefficient (Wildman–Crippen LogP) is 12.6. The molecule has 2 aromatic carbocycles. The number of amides is 9. The van der Waals surface area contributed by atoms with Gasteiger partial charge in [0.1, 0.15) is 63.6 Å². The fourth-order valence-electron chi connectivity index (χ4n) is 16.6. The van der Waals surface area contributed by atoms with Crippen LogP contribution in [0.1, 0.15) is 209 Å². The molecular weight excluding hydrogens is 1880 g/mol. The number of hydrogen-bond acceptors (Lipinski definition) is 31. The van der Waals surface area contributed by atoms with E-state index in [1.165, 1.54) is 43.9 Å². The number of ether oxygens (including phenoxy) is 11. The number of aliphatic hydroxyl groups excluding tert-OH is 3. The minimum atomic E-state index is -3.51. The number of morpholine rings is 1. The van der Waals surface area contributed by atoms with Crippen LogP contribution in [0.4, 0.5) is 43.2 Å². The van der Waals surface area contributed by atoms with Crippen molar-refractivity contribution in [1.82, 2.24) is 49.4 Å². The number of likely N-dealkylation sites (tertiary alicyclic amines) is 4. The summed E-state index contributed by atoms with van der Waals surface area (Å²) in [4.78, 5) is 143. The number of rotatable bonds is 10. The maximum atomic E-state index is 13.1. The Morgan fingerprint density at radius 1 is 0.441 bits per heavy atom. The predicted molar refractivity (Wildman–Crippen MR) is 525 cm³/mol. The fourth-order valence-corrected chi connectivity index (χ4v) is 17.0. The molecule has 11 aliphatic heterocycles. The van der Waals surface area contributed by atoms with Crippen LogP contribution in [-0.4, -0.2) is 368 Å². The van der Waals surface area contributed by atoms with E-state index >= 15 is 0 Å². The van der Waals surface area contributed by atoms with Crippen LogP contribution < -0.4 is 5.32 Å². The summed E-state index contributed by atoms with van der Waals surface area (Å²) in [5, 5.41) is 58.8. The fraction of sp³-hybridized carbons (Fsp3) is 0.653. The zero-order valence-electron chi connectivity index (χ0n) is 87.4. The van der Waals surface area contributed by atoms with Crippen molar-refractivity contribution in [3.63, 3.8) is 0 Å². The second-order valence-corrected chi connectivity index (χ2v) is 45.2. The zero-order chi connectivity index (χ0) is 107. The molecule has 1 aliphatic carbocycles. The second kappa shape index (κ2) is 49.7. The highest BCUT2D eigenvalue weighted by Gasteiger charge is 2.58. The number of nitrogens with zero attached hydrogens (tertiary/aromatic N) is 11. The van der Waals surface area contributed by atoms with Crippen molar-refractivity contribution in [3.8, 4) is 23.3 Å². The van der Waals surface area contributed by atoms with Crippen LogP contribution in [0.2, 0.25) is 0 Å². The lowest BCUT2D eigenvalue weighted by atomic mass is 9.98. The molecular formula is C101H150N12O29S. The number of nitriles is 2. The molecule has 0 radical (unpaired) electrons. The minimum Gasteiger partial charge on any atom is -0.479 e. The van der Waals surface area contributed by atoms with Crippen molar-refractivity contribution in [1.29, 1.82) is 10.5 Å². The number of carboxylic acids is 1. The van der Waals surface area contributed by atoms with Crippen molar-refractivity contribution in [2.75, 3.05) is 98.6 Å². The Balaban J connectivity index is 0.000000227. The molecule has 14 atom stereocenters. The van der Waals surface area contributed by atoms with E-state index in [2.05, 4.69) is 46.5 Å². The van der Waals surface area contributed by atoms with Crippen molar-refractivity contribution in [3.05, 3.63) is 120 Å². The highest BCUT2D eigenvalue weighted by Crippen LogP contribution is 2.46. The lowest BCUT2D eigenvalue weighted by molar-refractivity contribution is -0.144. The number of hydrogen-bond donors (Lipinski definition) is 5. The Morgan fingerprint density at radius 3 is 1.24 bits per heavy atom. The van der Waals surface area contributed by atoms with E-state index in [-0.39, 0.29) is 112 Å². The Morgan fingerprint density at radius 2 is 0.811 bits per heavy atom. The number of carboxylic acid groups (broad SMARTS) is 1. The van der Waals surface area contributed by atoms with Crippen LogP contribution in [-0.2, 0) is 76.0 Å². The van der Waals surface area contributed by atoms with E-state index in [9.17, 15) is 71.4 Å². The van der Waals surface area contributed by atoms with Gasteiger partial charge in [0.25, 0.3) is 10.1 Å². The summed E-state index contributed by atoms with van der Waals surface area (Å²) in [5.41, 5.74) is 0.329. The summed E-state index contributed by atoms with van der Waals surface area (Å²) >= 11 is 0. The Bertz CT molecular complexity index is 5070. The van der Waals surface area contributed by atoms with Gasteiger partial charge < -0.3 is 92.5 Å². The maximum absolute atomic E-state index is 13.1. The van der Waals surface area contributed by atoms with Crippen LogP contribution in [0.15, 0.2) is 109 Å². The Labute approximate surface area is 840 Å². The smallest absolute Gasteiger partial charge is 0.411 e. The number of benzene rings is 2. The SMILES string of the molecule is CC(C)(C)OC(=O)N1CC=C[C@H]1C(=O)O.CC(C)(C)OC(=O)N1CC=C[C@H]1CC#N.CC(C)(C)OC(=O)N1CC=C[C@H]1CO.CC(C)(C)OC(=O)N1CC=C[C@H]1COS(C)(=O)=O.CC(C)(C)OC(=O)N1C[C@@H]2OC2[C@H]1CC#N.CC(C)(C)OC(=O)N1C[C@H](O)[C@@H]2C1CCN2C(=O)OCC1c2ccccc2-c2ccccc21.CC(C)(C)OC(=O)N1C[C@H](O)[C@H]2NCCC21.COC(=O)[C@@H]1C=CCN1C(=O)OC(C)(C)C. The van der Waals surface area contributed by atoms with Gasteiger partial charge in [-0.15, -0.1) is 0 Å². The molecule has 0 aromatic heterocycles. The summed E-state index contributed by atoms with van der Waals surface area (Å²) in [6.07, 6.45) is 15.5. The lowest BCUT2D eigenvalue weighted by Crippen LogP contribution is -2.45. The molecule has 6 saturated heterocycles. The summed E-state index contributed by atoms with van der Waals surface area (Å²) in [6.45, 7) is 47.8. The first-order chi connectivity index (χ1) is 66.2. The number of epoxide rings is 1. The van der Waals surface area contributed by atoms with Gasteiger partial charge in [-0.05, 0) is 208 Å². The summed E-state index contributed by atoms with van der Waals surface area (Å²) in [5.74, 6) is -1.53. The number of β-amino-alcohol motifs (C(OH)–C–C–N with tert-alkyl or cyclic N) is 2. The van der Waals surface area contributed by atoms with Crippen LogP contribution in [0.5, 0.6) is 0 Å². The summed E-state index contributed by atoms with van der Waals surface area (Å²) in [6, 6.07) is 17.4. The zero-order valence-corrected chi connectivity index (χ0v) is 88.2. The first-order valence-corrected chi connectivity index (χ1v) is 49.7. The molecule has 41 nitrogen and oxygen atoms in total. The van der Waals surface area contributed by atoms with Gasteiger partial charge in [-0.25, -0.2) is 52.7 Å². The highest BCUT2D eigenvalue weighted by atomic mass is 32.2. The average molecular weight is 2030 g/mol. The molecule has 5 N–H and O–H groups in total. The number of nitrogens with one attached hydrogen (secondary N) is 1. The molecule has 9 amide bonds. The quantitative estimate of drug-likeness (QED) is 0.0485. The third-order valence-corrected chi connectivity index (χ3v) is 23.0. The van der Waals surface area contributed by atoms with Gasteiger partial charge >= 0.3 is 66.8 Å². The van der Waals surface area contributed by atoms with Gasteiger partial charge in [-0.1, -0.05) is 109 Å². The molecule has 0 saturated carbocycles. The van der Waals surface area contributed by atoms with E-state index in [0.29, 0.717) is 65.1 Å². The lowest BCUT2D eigenvalue weighted by Gasteiger charge is -2.28. The van der Waals surface area contributed by atoms with Crippen molar-refractivity contribution in [2.24, 2.45) is 0 Å². The van der Waals surface area contributed by atoms with Gasteiger partial charge in [-0.3, -0.25) is 33.6 Å². The standard InChI is InChI=1S/C26H30N2O5.C11H16N2O3.C11H20N2O3.C11H16N2O2.C11H19NO5S.C11H17NO4.C10H15NO4.C10H17NO3/c1-26(2,3)33-25(31)28-14-22(29)23-21(28)12-13-27(23)24(30)32-15-20-18-10-6-4-8-16(18)17-9-5-7-11-19(17)20;1-11(2,3)16-10(14)13-6-8-9(15-8)7(13)4-5-12;1-11(2,3)16-10(15)13-6-8(14)9-7(13)4-5-12-9;1-11(2,3)15-10(14)13-8-4-5-9(13)6-7-12;1-11(2,3)17-10(13)12-7-5-6-9(12)8-16-18(4,14)15;1-11(2,3)16-10(14)12-7-5-6-8(12)9(13)15-4;1-10(2,3)15-9(14)11-6-4-5-7(11)8(12)13;1-10(2,3)14-9(13)11-6-4-5-8(11)7-12/h4-11,20-23,29H,12-15H2,1-3H3;7-9H,4,6H2,1-3H3;7-9,12,14H,4-6H2,1-3H3;4-5,9H,6,8H2,1-3H3;5-6,9H,7-8H2,1-4H3;5-6,8H,7H2,1-4H3;4-5,7H,6H2,1-3H3,(H,12,13);4-5,8,12H,6-7H2,1-3H3/t21?,22-,23-;7-,8+,9?;7?,8-,9-;2*9-;8-;7-;8-/m01000000/s1. The molecule has 6 fully saturated rings. The van der Waals surface area contributed by atoms with E-state index in [1.807, 2.05) is 152 Å². The number of carbonyl (C=O) groups excluding carboxylic acids is 10. The monoisotopic (exact) mass is 2030 g/mol. The molecule has 3 unspecified atom stereocenters. The van der Waals surface area contributed by atoms with Gasteiger partial charge in [0, 0.05) is 45.2 Å². The first kappa shape index (κ1) is 118. The third kappa shape index (κ3) is 36.5. The number of aliphatic carboxylic acids is 1. The molecule has 11 heterocycles. The van der Waals surface area contributed by atoms with Gasteiger partial charge in [0.2, 0.25) is 0 Å². The van der Waals surface area contributed by atoms with Crippen LogP contribution >= 0.6 is 0 Å². The van der Waals surface area contributed by atoms with Crippen molar-refractivity contribution < 1.29 is 138 Å². The summed E-state index contributed by atoms with van der Waals surface area (Å²) < 4.78 is 84.3. The van der Waals surface area contributed by atoms with Gasteiger partial charge in [0.05, 0.1) is 132 Å². The van der Waals surface area contributed by atoms with Crippen molar-refractivity contribution in [2.45, 2.75) is 327 Å². The molecule has 0 bridgehead atoms. The van der Waals surface area contributed by atoms with Gasteiger partial charge in [-0.2, -0.15) is 18.9 Å². The molecule has 143 heavy (non-hydrogen) atoms. The average Bonchev–Trinajstić information content (AvgIpc) is 1.58. The molecule has 12 aliphatic rings. The van der Waals surface area contributed by atoms with E-state index < -0.39 is 134 Å². The van der Waals surface area contributed by atoms with Gasteiger partial charge in [0.15, 0.2) is 12.1 Å². The van der Waals surface area contributed by atoms with Crippen molar-refractivity contribution >= 4 is 76.9 Å². The van der Waals surface area contributed by atoms with Crippen LogP contribution in [0.3, 0.4) is 0 Å². The molecule has 14 rings (SSSR count). The maximum Gasteiger partial charge on any atom is 0.411 e. The number of fused-ring (bicyclic) bond motifs is 6. The first-order valence-electron chi connectivity index (χ1n) is 47.8.